The molecule has 0 aliphatic carbocycles. The molecule has 1 N–H and O–H groups in total. The number of nitrogens with zero attached hydrogens (tertiary/aromatic N) is 1. The molecular formula is C20H23F3N2O4S. The molecule has 0 heterocycles. The highest BCUT2D eigenvalue weighted by atomic mass is 32.2. The third-order valence-corrected chi connectivity index (χ3v) is 5.48. The second-order valence-corrected chi connectivity index (χ2v) is 8.40. The van der Waals surface area contributed by atoms with Gasteiger partial charge in [-0.2, -0.15) is 13.2 Å². The van der Waals surface area contributed by atoms with Gasteiger partial charge in [-0.15, -0.1) is 0 Å². The lowest BCUT2D eigenvalue weighted by atomic mass is 10.1. The maximum Gasteiger partial charge on any atom is 0.416 e. The van der Waals surface area contributed by atoms with E-state index < -0.39 is 33.7 Å². The zero-order valence-electron chi connectivity index (χ0n) is 16.7. The van der Waals surface area contributed by atoms with E-state index >= 15 is 0 Å². The summed E-state index contributed by atoms with van der Waals surface area (Å²) >= 11 is 0. The summed E-state index contributed by atoms with van der Waals surface area (Å²) in [5.41, 5.74) is -0.568. The van der Waals surface area contributed by atoms with Gasteiger partial charge in [-0.05, 0) is 38.1 Å². The zero-order valence-corrected chi connectivity index (χ0v) is 17.5. The Morgan fingerprint density at radius 3 is 2.43 bits per heavy atom. The van der Waals surface area contributed by atoms with Crippen LogP contribution in [0.5, 0.6) is 5.75 Å². The Labute approximate surface area is 173 Å². The summed E-state index contributed by atoms with van der Waals surface area (Å²) < 4.78 is 69.9. The molecule has 6 nitrogen and oxygen atoms in total. The average molecular weight is 444 g/mol. The van der Waals surface area contributed by atoms with E-state index in [1.54, 1.807) is 24.3 Å². The highest BCUT2D eigenvalue weighted by Crippen LogP contribution is 2.32. The number of nitrogens with one attached hydrogen (secondary N) is 1. The summed E-state index contributed by atoms with van der Waals surface area (Å²) in [6, 6.07) is 9.59. The first-order valence-corrected chi connectivity index (χ1v) is 10.9. The van der Waals surface area contributed by atoms with Gasteiger partial charge in [0.25, 0.3) is 0 Å². The molecule has 164 valence electrons. The fourth-order valence-electron chi connectivity index (χ4n) is 2.90. The highest BCUT2D eigenvalue weighted by molar-refractivity contribution is 7.92. The van der Waals surface area contributed by atoms with Crippen molar-refractivity contribution < 1.29 is 31.1 Å². The van der Waals surface area contributed by atoms with Crippen molar-refractivity contribution >= 4 is 21.6 Å². The summed E-state index contributed by atoms with van der Waals surface area (Å²) in [7, 11) is -4.04. The lowest BCUT2D eigenvalue weighted by molar-refractivity contribution is -0.137. The number of para-hydroxylation sites is 1. The maximum atomic E-state index is 13.0. The summed E-state index contributed by atoms with van der Waals surface area (Å²) in [5.74, 6) is -0.0880. The number of halogens is 3. The van der Waals surface area contributed by atoms with Crippen LogP contribution < -0.4 is 14.4 Å². The topological polar surface area (TPSA) is 75.7 Å². The predicted molar refractivity (Wildman–Crippen MR) is 108 cm³/mol. The largest absolute Gasteiger partial charge is 0.494 e. The first-order valence-electron chi connectivity index (χ1n) is 9.10. The number of sulfonamides is 1. The molecule has 0 radical (unpaired) electrons. The molecule has 2 aromatic carbocycles. The molecule has 0 saturated carbocycles. The quantitative estimate of drug-likeness (QED) is 0.676. The van der Waals surface area contributed by atoms with E-state index in [-0.39, 0.29) is 12.2 Å². The Hall–Kier alpha value is -2.75. The minimum atomic E-state index is -4.65. The molecule has 0 fully saturated rings. The van der Waals surface area contributed by atoms with Crippen LogP contribution in [-0.4, -0.2) is 33.2 Å². The van der Waals surface area contributed by atoms with Crippen molar-refractivity contribution in [2.24, 2.45) is 0 Å². The van der Waals surface area contributed by atoms with Crippen molar-refractivity contribution in [3.63, 3.8) is 0 Å². The number of hydrogen-bond donors (Lipinski definition) is 1. The van der Waals surface area contributed by atoms with Gasteiger partial charge in [0.15, 0.2) is 0 Å². The summed E-state index contributed by atoms with van der Waals surface area (Å²) in [6.45, 7) is 3.62. The van der Waals surface area contributed by atoms with E-state index in [0.29, 0.717) is 28.3 Å². The van der Waals surface area contributed by atoms with Crippen LogP contribution in [0.15, 0.2) is 48.5 Å². The Bertz CT molecular complexity index is 994. The molecule has 0 aromatic heterocycles. The smallest absolute Gasteiger partial charge is 0.416 e. The third kappa shape index (κ3) is 5.88. The van der Waals surface area contributed by atoms with Crippen LogP contribution in [0, 0.1) is 0 Å². The monoisotopic (exact) mass is 444 g/mol. The minimum Gasteiger partial charge on any atom is -0.494 e. The number of alkyl halides is 3. The average Bonchev–Trinajstić information content (AvgIpc) is 2.66. The molecule has 0 bridgehead atoms. The SMILES string of the molecule is CCOc1ccccc1CNC(=O)C(C)N(c1cccc(C(F)(F)F)c1)S(C)(=O)=O. The van der Waals surface area contributed by atoms with E-state index in [1.165, 1.54) is 13.0 Å². The zero-order chi connectivity index (χ0) is 22.5. The van der Waals surface area contributed by atoms with Crippen LogP contribution in [0.2, 0.25) is 0 Å². The van der Waals surface area contributed by atoms with E-state index in [2.05, 4.69) is 5.32 Å². The number of carbonyl (C=O) groups is 1. The van der Waals surface area contributed by atoms with Crippen molar-refractivity contribution in [3.05, 3.63) is 59.7 Å². The molecule has 1 atom stereocenters. The molecule has 0 aliphatic rings. The van der Waals surface area contributed by atoms with Gasteiger partial charge in [-0.25, -0.2) is 8.42 Å². The van der Waals surface area contributed by atoms with Crippen LogP contribution in [0.25, 0.3) is 0 Å². The first-order chi connectivity index (χ1) is 13.9. The van der Waals surface area contributed by atoms with Gasteiger partial charge in [-0.1, -0.05) is 24.3 Å². The van der Waals surface area contributed by atoms with Gasteiger partial charge in [0.2, 0.25) is 15.9 Å². The Kier molecular flexibility index (Phi) is 7.35. The van der Waals surface area contributed by atoms with Crippen molar-refractivity contribution in [2.75, 3.05) is 17.2 Å². The van der Waals surface area contributed by atoms with E-state index in [4.69, 9.17) is 4.74 Å². The lowest BCUT2D eigenvalue weighted by Gasteiger charge is -2.28. The number of amides is 1. The van der Waals surface area contributed by atoms with Crippen molar-refractivity contribution in [2.45, 2.75) is 32.6 Å². The van der Waals surface area contributed by atoms with Crippen LogP contribution >= 0.6 is 0 Å². The summed E-state index contributed by atoms with van der Waals surface area (Å²) in [5, 5.41) is 2.62. The Balaban J connectivity index is 2.26. The number of benzene rings is 2. The number of anilines is 1. The molecule has 10 heteroatoms. The summed E-state index contributed by atoms with van der Waals surface area (Å²) in [4.78, 5) is 12.6. The van der Waals surface area contributed by atoms with Crippen molar-refractivity contribution in [1.29, 1.82) is 0 Å². The van der Waals surface area contributed by atoms with Gasteiger partial charge >= 0.3 is 6.18 Å². The van der Waals surface area contributed by atoms with Gasteiger partial charge in [0, 0.05) is 12.1 Å². The second kappa shape index (κ2) is 9.38. The van der Waals surface area contributed by atoms with Gasteiger partial charge in [0.05, 0.1) is 24.1 Å². The third-order valence-electron chi connectivity index (χ3n) is 4.24. The number of ether oxygens (including phenoxy) is 1. The molecule has 1 unspecified atom stereocenters. The molecule has 1 amide bonds. The molecule has 0 spiro atoms. The highest BCUT2D eigenvalue weighted by Gasteiger charge is 2.34. The van der Waals surface area contributed by atoms with E-state index in [9.17, 15) is 26.4 Å². The van der Waals surface area contributed by atoms with Gasteiger partial charge < -0.3 is 10.1 Å². The second-order valence-electron chi connectivity index (χ2n) is 6.54. The van der Waals surface area contributed by atoms with Crippen LogP contribution in [0.4, 0.5) is 18.9 Å². The lowest BCUT2D eigenvalue weighted by Crippen LogP contribution is -2.47. The van der Waals surface area contributed by atoms with E-state index in [0.717, 1.165) is 18.4 Å². The standard InChI is InChI=1S/C20H23F3N2O4S/c1-4-29-18-11-6-5-8-15(18)13-24-19(26)14(2)25(30(3,27)28)17-10-7-9-16(12-17)20(21,22)23/h5-12,14H,4,13H2,1-3H3,(H,24,26). The molecule has 0 saturated heterocycles. The van der Waals surface area contributed by atoms with Crippen LogP contribution in [0.3, 0.4) is 0 Å². The van der Waals surface area contributed by atoms with Crippen LogP contribution in [0.1, 0.15) is 25.0 Å². The molecular weight excluding hydrogens is 421 g/mol. The number of carbonyl (C=O) groups excluding carboxylic acids is 1. The van der Waals surface area contributed by atoms with Crippen molar-refractivity contribution in [1.82, 2.24) is 5.32 Å². The summed E-state index contributed by atoms with van der Waals surface area (Å²) in [6.07, 6.45) is -3.81. The maximum absolute atomic E-state index is 13.0. The van der Waals surface area contributed by atoms with Gasteiger partial charge in [-0.3, -0.25) is 9.10 Å². The first kappa shape index (κ1) is 23.5. The van der Waals surface area contributed by atoms with Crippen LogP contribution in [-0.2, 0) is 27.5 Å². The Morgan fingerprint density at radius 2 is 1.83 bits per heavy atom. The molecule has 2 aromatic rings. The molecule has 30 heavy (non-hydrogen) atoms. The Morgan fingerprint density at radius 1 is 1.17 bits per heavy atom. The number of rotatable bonds is 8. The fraction of sp³-hybridized carbons (Fsp3) is 0.350. The van der Waals surface area contributed by atoms with Gasteiger partial charge in [0.1, 0.15) is 11.8 Å². The predicted octanol–water partition coefficient (Wildman–Crippen LogP) is 3.58. The molecule has 2 rings (SSSR count). The normalized spacial score (nSPS) is 12.9. The van der Waals surface area contributed by atoms with E-state index in [1.807, 2.05) is 6.92 Å². The fourth-order valence-corrected chi connectivity index (χ4v) is 4.07. The minimum absolute atomic E-state index is 0.0690. The van der Waals surface area contributed by atoms with Crippen molar-refractivity contribution in [3.8, 4) is 5.75 Å². The number of hydrogen-bond acceptors (Lipinski definition) is 4. The molecule has 0 aliphatic heterocycles.